The molecule has 0 saturated carbocycles. The quantitative estimate of drug-likeness (QED) is 0.785. The summed E-state index contributed by atoms with van der Waals surface area (Å²) in [6.07, 6.45) is 0. The standard InChI is InChI=1S/C12H21N7O/c1-12(2)8(20)14-6-7-19(12)11-16-9(13-3)15-10(17-11)18(4)5/h6-7H2,1-5H3,(H,14,20)(H,13,15,16,17). The van der Waals surface area contributed by atoms with Crippen molar-refractivity contribution in [3.63, 3.8) is 0 Å². The number of rotatable bonds is 3. The third kappa shape index (κ3) is 2.45. The number of nitrogens with zero attached hydrogens (tertiary/aromatic N) is 5. The first-order valence-electron chi connectivity index (χ1n) is 6.53. The molecular weight excluding hydrogens is 258 g/mol. The summed E-state index contributed by atoms with van der Waals surface area (Å²) in [5.41, 5.74) is -0.686. The molecular formula is C12H21N7O. The number of hydrogen-bond donors (Lipinski definition) is 2. The Morgan fingerprint density at radius 3 is 2.60 bits per heavy atom. The Bertz CT molecular complexity index is 515. The van der Waals surface area contributed by atoms with Crippen LogP contribution in [0.15, 0.2) is 0 Å². The number of piperazine rings is 1. The Hall–Kier alpha value is -2.12. The summed E-state index contributed by atoms with van der Waals surface area (Å²) in [4.78, 5) is 28.8. The SMILES string of the molecule is CNc1nc(N(C)C)nc(N2CCNC(=O)C2(C)C)n1. The third-order valence-electron chi connectivity index (χ3n) is 3.33. The maximum Gasteiger partial charge on any atom is 0.245 e. The molecule has 0 atom stereocenters. The van der Waals surface area contributed by atoms with E-state index in [4.69, 9.17) is 0 Å². The second kappa shape index (κ2) is 5.10. The lowest BCUT2D eigenvalue weighted by atomic mass is 10.00. The van der Waals surface area contributed by atoms with Gasteiger partial charge in [-0.25, -0.2) is 0 Å². The van der Waals surface area contributed by atoms with Crippen LogP contribution in [0.1, 0.15) is 13.8 Å². The highest BCUT2D eigenvalue weighted by molar-refractivity contribution is 5.89. The van der Waals surface area contributed by atoms with Crippen LogP contribution in [0.4, 0.5) is 17.8 Å². The van der Waals surface area contributed by atoms with Crippen LogP contribution in [0.25, 0.3) is 0 Å². The highest BCUT2D eigenvalue weighted by Crippen LogP contribution is 2.24. The molecule has 0 unspecified atom stereocenters. The van der Waals surface area contributed by atoms with E-state index in [1.165, 1.54) is 0 Å². The van der Waals surface area contributed by atoms with E-state index >= 15 is 0 Å². The van der Waals surface area contributed by atoms with Crippen LogP contribution in [-0.4, -0.2) is 60.6 Å². The van der Waals surface area contributed by atoms with Crippen LogP contribution in [0.5, 0.6) is 0 Å². The van der Waals surface area contributed by atoms with Gasteiger partial charge in [0, 0.05) is 34.2 Å². The van der Waals surface area contributed by atoms with E-state index in [9.17, 15) is 4.79 Å². The zero-order chi connectivity index (χ0) is 14.9. The smallest absolute Gasteiger partial charge is 0.245 e. The number of anilines is 3. The van der Waals surface area contributed by atoms with E-state index in [1.54, 1.807) is 7.05 Å². The lowest BCUT2D eigenvalue weighted by Gasteiger charge is -2.41. The average molecular weight is 279 g/mol. The molecule has 2 N–H and O–H groups in total. The zero-order valence-corrected chi connectivity index (χ0v) is 12.6. The predicted octanol–water partition coefficient (Wildman–Crippen LogP) is -0.306. The Morgan fingerprint density at radius 1 is 1.30 bits per heavy atom. The van der Waals surface area contributed by atoms with E-state index in [2.05, 4.69) is 25.6 Å². The van der Waals surface area contributed by atoms with Crippen LogP contribution < -0.4 is 20.4 Å². The topological polar surface area (TPSA) is 86.3 Å². The summed E-state index contributed by atoms with van der Waals surface area (Å²) in [5, 5.41) is 5.78. The van der Waals surface area contributed by atoms with Crippen LogP contribution in [0.3, 0.4) is 0 Å². The van der Waals surface area contributed by atoms with Crippen LogP contribution in [-0.2, 0) is 4.79 Å². The molecule has 2 heterocycles. The van der Waals surface area contributed by atoms with Crippen LogP contribution in [0.2, 0.25) is 0 Å². The van der Waals surface area contributed by atoms with Crippen LogP contribution >= 0.6 is 0 Å². The van der Waals surface area contributed by atoms with Crippen molar-refractivity contribution in [2.45, 2.75) is 19.4 Å². The molecule has 1 aromatic heterocycles. The first-order valence-corrected chi connectivity index (χ1v) is 6.53. The van der Waals surface area contributed by atoms with Crippen LogP contribution in [0, 0.1) is 0 Å². The van der Waals surface area contributed by atoms with Gasteiger partial charge in [-0.2, -0.15) is 15.0 Å². The van der Waals surface area contributed by atoms with Crippen molar-refractivity contribution in [2.75, 3.05) is 49.3 Å². The first-order chi connectivity index (χ1) is 9.36. The summed E-state index contributed by atoms with van der Waals surface area (Å²) in [6.45, 7) is 4.97. The zero-order valence-electron chi connectivity index (χ0n) is 12.6. The minimum absolute atomic E-state index is 0.0263. The molecule has 0 aromatic carbocycles. The summed E-state index contributed by atoms with van der Waals surface area (Å²) in [7, 11) is 5.49. The monoisotopic (exact) mass is 279 g/mol. The number of aromatic nitrogens is 3. The molecule has 1 amide bonds. The summed E-state index contributed by atoms with van der Waals surface area (Å²) < 4.78 is 0. The second-order valence-electron chi connectivity index (χ2n) is 5.37. The Morgan fingerprint density at radius 2 is 2.00 bits per heavy atom. The molecule has 0 radical (unpaired) electrons. The van der Waals surface area contributed by atoms with Gasteiger partial charge in [0.15, 0.2) is 0 Å². The van der Waals surface area contributed by atoms with Gasteiger partial charge in [0.25, 0.3) is 0 Å². The highest BCUT2D eigenvalue weighted by Gasteiger charge is 2.39. The molecule has 8 nitrogen and oxygen atoms in total. The van der Waals surface area contributed by atoms with Gasteiger partial charge in [-0.3, -0.25) is 4.79 Å². The average Bonchev–Trinajstić information content (AvgIpc) is 2.41. The van der Waals surface area contributed by atoms with Gasteiger partial charge in [0.2, 0.25) is 23.8 Å². The molecule has 1 aromatic rings. The van der Waals surface area contributed by atoms with Crippen molar-refractivity contribution in [3.8, 4) is 0 Å². The third-order valence-corrected chi connectivity index (χ3v) is 3.33. The minimum Gasteiger partial charge on any atom is -0.357 e. The molecule has 1 aliphatic rings. The van der Waals surface area contributed by atoms with Gasteiger partial charge in [-0.15, -0.1) is 0 Å². The van der Waals surface area contributed by atoms with E-state index in [0.717, 1.165) is 0 Å². The summed E-state index contributed by atoms with van der Waals surface area (Å²) in [6, 6.07) is 0. The van der Waals surface area contributed by atoms with E-state index in [0.29, 0.717) is 30.9 Å². The van der Waals surface area contributed by atoms with E-state index < -0.39 is 5.54 Å². The summed E-state index contributed by atoms with van der Waals surface area (Å²) in [5.74, 6) is 1.52. The lowest BCUT2D eigenvalue weighted by Crippen LogP contribution is -2.62. The maximum absolute atomic E-state index is 12.0. The van der Waals surface area contributed by atoms with Gasteiger partial charge >= 0.3 is 0 Å². The Labute approximate surface area is 118 Å². The van der Waals surface area contributed by atoms with Gasteiger partial charge in [0.05, 0.1) is 0 Å². The number of carbonyl (C=O) groups is 1. The van der Waals surface area contributed by atoms with Crippen molar-refractivity contribution in [1.82, 2.24) is 20.3 Å². The fourth-order valence-electron chi connectivity index (χ4n) is 2.04. The molecule has 0 aliphatic carbocycles. The number of amides is 1. The predicted molar refractivity (Wildman–Crippen MR) is 78.1 cm³/mol. The van der Waals surface area contributed by atoms with Gasteiger partial charge in [0.1, 0.15) is 5.54 Å². The van der Waals surface area contributed by atoms with Gasteiger partial charge in [-0.1, -0.05) is 0 Å². The minimum atomic E-state index is -0.686. The van der Waals surface area contributed by atoms with Gasteiger partial charge in [-0.05, 0) is 13.8 Å². The normalized spacial score (nSPS) is 17.6. The Kier molecular flexibility index (Phi) is 3.65. The van der Waals surface area contributed by atoms with Crippen molar-refractivity contribution < 1.29 is 4.79 Å². The first kappa shape index (κ1) is 14.3. The molecule has 8 heteroatoms. The van der Waals surface area contributed by atoms with Crippen molar-refractivity contribution >= 4 is 23.8 Å². The second-order valence-corrected chi connectivity index (χ2v) is 5.37. The molecule has 1 saturated heterocycles. The Balaban J connectivity index is 2.45. The molecule has 0 spiro atoms. The molecule has 0 bridgehead atoms. The van der Waals surface area contributed by atoms with E-state index in [-0.39, 0.29) is 5.91 Å². The molecule has 2 rings (SSSR count). The fourth-order valence-corrected chi connectivity index (χ4v) is 2.04. The number of carbonyl (C=O) groups excluding carboxylic acids is 1. The fraction of sp³-hybridized carbons (Fsp3) is 0.667. The molecule has 1 fully saturated rings. The molecule has 110 valence electrons. The summed E-state index contributed by atoms with van der Waals surface area (Å²) >= 11 is 0. The van der Waals surface area contributed by atoms with Gasteiger partial charge < -0.3 is 20.4 Å². The maximum atomic E-state index is 12.0. The van der Waals surface area contributed by atoms with Crippen molar-refractivity contribution in [2.24, 2.45) is 0 Å². The largest absolute Gasteiger partial charge is 0.357 e. The van der Waals surface area contributed by atoms with Crippen molar-refractivity contribution in [3.05, 3.63) is 0 Å². The molecule has 20 heavy (non-hydrogen) atoms. The van der Waals surface area contributed by atoms with E-state index in [1.807, 2.05) is 37.7 Å². The number of nitrogens with one attached hydrogen (secondary N) is 2. The molecule has 1 aliphatic heterocycles. The number of hydrogen-bond acceptors (Lipinski definition) is 7. The highest BCUT2D eigenvalue weighted by atomic mass is 16.2. The van der Waals surface area contributed by atoms with Crippen molar-refractivity contribution in [1.29, 1.82) is 0 Å². The lowest BCUT2D eigenvalue weighted by molar-refractivity contribution is -0.126.